The van der Waals surface area contributed by atoms with Crippen LogP contribution in [0.15, 0.2) is 29.2 Å². The Labute approximate surface area is 77.4 Å². The molecule has 0 unspecified atom stereocenters. The molecule has 0 aliphatic heterocycles. The Morgan fingerprint density at radius 1 is 1.42 bits per heavy atom. The van der Waals surface area contributed by atoms with Crippen LogP contribution in [0.5, 0.6) is 0 Å². The Bertz CT molecular complexity index is 288. The average Bonchev–Trinajstić information content (AvgIpc) is 2.09. The molecule has 1 rings (SSSR count). The van der Waals surface area contributed by atoms with Gasteiger partial charge in [0.2, 0.25) is 0 Å². The maximum atomic E-state index is 5.73. The first-order chi connectivity index (χ1) is 5.84. The van der Waals surface area contributed by atoms with E-state index in [1.54, 1.807) is 11.8 Å². The predicted molar refractivity (Wildman–Crippen MR) is 55.0 cm³/mol. The maximum Gasteiger partial charge on any atom is 0.0452 e. The number of hydrogen-bond donors (Lipinski definition) is 1. The fourth-order valence-electron chi connectivity index (χ4n) is 0.832. The summed E-state index contributed by atoms with van der Waals surface area (Å²) in [4.78, 5) is 1.12. The van der Waals surface area contributed by atoms with E-state index < -0.39 is 0 Å². The van der Waals surface area contributed by atoms with E-state index in [1.807, 2.05) is 24.3 Å². The lowest BCUT2D eigenvalue weighted by Gasteiger charge is -2.01. The van der Waals surface area contributed by atoms with E-state index in [0.29, 0.717) is 0 Å². The van der Waals surface area contributed by atoms with Crippen molar-refractivity contribution in [2.75, 3.05) is 11.5 Å². The van der Waals surface area contributed by atoms with E-state index in [9.17, 15) is 0 Å². The lowest BCUT2D eigenvalue weighted by molar-refractivity contribution is 1.29. The Balaban J connectivity index is 2.53. The van der Waals surface area contributed by atoms with Gasteiger partial charge < -0.3 is 5.73 Å². The van der Waals surface area contributed by atoms with Crippen LogP contribution >= 0.6 is 11.8 Å². The van der Waals surface area contributed by atoms with Crippen molar-refractivity contribution in [3.8, 4) is 12.3 Å². The average molecular weight is 177 g/mol. The smallest absolute Gasteiger partial charge is 0.0452 e. The third-order valence-corrected chi connectivity index (χ3v) is 2.51. The molecule has 0 saturated heterocycles. The molecule has 2 N–H and O–H groups in total. The normalized spacial score (nSPS) is 9.25. The fraction of sp³-hybridized carbons (Fsp3) is 0.200. The number of para-hydroxylation sites is 1. The molecule has 0 atom stereocenters. The number of nitrogens with two attached hydrogens (primary N) is 1. The molecular weight excluding hydrogens is 166 g/mol. The first kappa shape index (κ1) is 9.02. The zero-order chi connectivity index (χ0) is 8.81. The number of anilines is 1. The molecule has 12 heavy (non-hydrogen) atoms. The van der Waals surface area contributed by atoms with Gasteiger partial charge in [0.25, 0.3) is 0 Å². The standard InChI is InChI=1S/C10H11NS/c1-2-3-8-12-10-7-5-4-6-9(10)11/h1,4-7H,3,8,11H2. The Kier molecular flexibility index (Phi) is 3.56. The molecule has 0 aliphatic rings. The summed E-state index contributed by atoms with van der Waals surface area (Å²) >= 11 is 1.70. The first-order valence-electron chi connectivity index (χ1n) is 3.75. The van der Waals surface area contributed by atoms with Gasteiger partial charge in [0.1, 0.15) is 0 Å². The molecule has 0 fully saturated rings. The summed E-state index contributed by atoms with van der Waals surface area (Å²) in [6.45, 7) is 0. The second kappa shape index (κ2) is 4.74. The lowest BCUT2D eigenvalue weighted by Crippen LogP contribution is -1.87. The molecule has 1 aromatic carbocycles. The van der Waals surface area contributed by atoms with E-state index in [-0.39, 0.29) is 0 Å². The van der Waals surface area contributed by atoms with Crippen LogP contribution in [0.4, 0.5) is 5.69 Å². The van der Waals surface area contributed by atoms with Crippen LogP contribution in [0.2, 0.25) is 0 Å². The molecule has 0 radical (unpaired) electrons. The zero-order valence-electron chi connectivity index (χ0n) is 6.79. The molecule has 2 heteroatoms. The van der Waals surface area contributed by atoms with Gasteiger partial charge in [-0.2, -0.15) is 0 Å². The van der Waals surface area contributed by atoms with Crippen LogP contribution in [-0.4, -0.2) is 5.75 Å². The van der Waals surface area contributed by atoms with Crippen molar-refractivity contribution in [3.63, 3.8) is 0 Å². The molecule has 0 aliphatic carbocycles. The van der Waals surface area contributed by atoms with E-state index in [2.05, 4.69) is 5.92 Å². The molecule has 0 amide bonds. The van der Waals surface area contributed by atoms with Gasteiger partial charge in [0.05, 0.1) is 0 Å². The molecule has 0 aromatic heterocycles. The third-order valence-electron chi connectivity index (χ3n) is 1.42. The highest BCUT2D eigenvalue weighted by Gasteiger charge is 1.96. The van der Waals surface area contributed by atoms with Crippen molar-refractivity contribution >= 4 is 17.4 Å². The van der Waals surface area contributed by atoms with Gasteiger partial charge in [-0.25, -0.2) is 0 Å². The lowest BCUT2D eigenvalue weighted by atomic mass is 10.3. The minimum atomic E-state index is 0.791. The minimum Gasteiger partial charge on any atom is -0.398 e. The SMILES string of the molecule is C#CCCSc1ccccc1N. The molecule has 0 spiro atoms. The zero-order valence-corrected chi connectivity index (χ0v) is 7.60. The molecule has 1 aromatic rings. The summed E-state index contributed by atoms with van der Waals surface area (Å²) in [5.41, 5.74) is 6.56. The number of rotatable bonds is 3. The minimum absolute atomic E-state index is 0.791. The number of nitrogen functional groups attached to an aromatic ring is 1. The summed E-state index contributed by atoms with van der Waals surface area (Å²) in [5.74, 6) is 3.53. The van der Waals surface area contributed by atoms with E-state index in [4.69, 9.17) is 12.2 Å². The van der Waals surface area contributed by atoms with Crippen LogP contribution in [-0.2, 0) is 0 Å². The van der Waals surface area contributed by atoms with Crippen molar-refractivity contribution in [3.05, 3.63) is 24.3 Å². The fourth-order valence-corrected chi connectivity index (χ4v) is 1.68. The topological polar surface area (TPSA) is 26.0 Å². The van der Waals surface area contributed by atoms with Crippen LogP contribution in [0, 0.1) is 12.3 Å². The second-order valence-corrected chi connectivity index (χ2v) is 3.48. The number of thioether (sulfide) groups is 1. The summed E-state index contributed by atoms with van der Waals surface area (Å²) in [5, 5.41) is 0. The highest BCUT2D eigenvalue weighted by atomic mass is 32.2. The Hall–Kier alpha value is -1.07. The summed E-state index contributed by atoms with van der Waals surface area (Å²) in [6, 6.07) is 7.82. The highest BCUT2D eigenvalue weighted by molar-refractivity contribution is 7.99. The Morgan fingerprint density at radius 2 is 2.17 bits per heavy atom. The summed E-state index contributed by atoms with van der Waals surface area (Å²) in [6.07, 6.45) is 5.93. The van der Waals surface area contributed by atoms with Gasteiger partial charge in [0, 0.05) is 22.8 Å². The van der Waals surface area contributed by atoms with Crippen molar-refractivity contribution in [1.82, 2.24) is 0 Å². The number of benzene rings is 1. The Morgan fingerprint density at radius 3 is 2.83 bits per heavy atom. The predicted octanol–water partition coefficient (Wildman–Crippen LogP) is 2.38. The van der Waals surface area contributed by atoms with Crippen LogP contribution in [0.25, 0.3) is 0 Å². The molecule has 62 valence electrons. The van der Waals surface area contributed by atoms with E-state index in [0.717, 1.165) is 22.8 Å². The number of hydrogen-bond acceptors (Lipinski definition) is 2. The second-order valence-electron chi connectivity index (χ2n) is 2.34. The van der Waals surface area contributed by atoms with Crippen molar-refractivity contribution in [1.29, 1.82) is 0 Å². The number of terminal acetylenes is 1. The van der Waals surface area contributed by atoms with Gasteiger partial charge in [-0.3, -0.25) is 0 Å². The summed E-state index contributed by atoms with van der Waals surface area (Å²) < 4.78 is 0. The van der Waals surface area contributed by atoms with Crippen LogP contribution in [0.1, 0.15) is 6.42 Å². The first-order valence-corrected chi connectivity index (χ1v) is 4.74. The van der Waals surface area contributed by atoms with Gasteiger partial charge >= 0.3 is 0 Å². The van der Waals surface area contributed by atoms with Crippen molar-refractivity contribution in [2.45, 2.75) is 11.3 Å². The molecular formula is C10H11NS. The van der Waals surface area contributed by atoms with Gasteiger partial charge in [-0.05, 0) is 12.1 Å². The van der Waals surface area contributed by atoms with Gasteiger partial charge in [-0.1, -0.05) is 12.1 Å². The van der Waals surface area contributed by atoms with Crippen molar-refractivity contribution in [2.24, 2.45) is 0 Å². The van der Waals surface area contributed by atoms with E-state index >= 15 is 0 Å². The molecule has 0 saturated carbocycles. The van der Waals surface area contributed by atoms with E-state index in [1.165, 1.54) is 0 Å². The maximum absolute atomic E-state index is 5.73. The van der Waals surface area contributed by atoms with Gasteiger partial charge in [-0.15, -0.1) is 24.1 Å². The summed E-state index contributed by atoms with van der Waals surface area (Å²) in [7, 11) is 0. The highest BCUT2D eigenvalue weighted by Crippen LogP contribution is 2.24. The molecule has 0 heterocycles. The van der Waals surface area contributed by atoms with Crippen LogP contribution < -0.4 is 5.73 Å². The van der Waals surface area contributed by atoms with Crippen LogP contribution in [0.3, 0.4) is 0 Å². The quantitative estimate of drug-likeness (QED) is 0.332. The van der Waals surface area contributed by atoms with Gasteiger partial charge in [0.15, 0.2) is 0 Å². The molecule has 0 bridgehead atoms. The van der Waals surface area contributed by atoms with Crippen molar-refractivity contribution < 1.29 is 0 Å². The molecule has 1 nitrogen and oxygen atoms in total. The largest absolute Gasteiger partial charge is 0.398 e. The monoisotopic (exact) mass is 177 g/mol. The third kappa shape index (κ3) is 2.52.